The molecule has 2 heterocycles. The van der Waals surface area contributed by atoms with Crippen LogP contribution < -0.4 is 5.32 Å². The zero-order chi connectivity index (χ0) is 18.5. The molecule has 26 heavy (non-hydrogen) atoms. The molecule has 0 spiro atoms. The van der Waals surface area contributed by atoms with Crippen molar-refractivity contribution in [2.75, 3.05) is 26.7 Å². The molecule has 0 saturated carbocycles. The molecule has 1 N–H and O–H groups in total. The number of nitrogens with one attached hydrogen (secondary N) is 1. The standard InChI is InChI=1S/C21H30N4O/c1-16-13-17(2)25(23-16)15-19-5-4-6-20(14-19)21(26)22-10-7-18-8-11-24(3)12-9-18/h4-6,13-14,18H,7-12,15H2,1-3H3,(H,22,26). The predicted molar refractivity (Wildman–Crippen MR) is 104 cm³/mol. The maximum Gasteiger partial charge on any atom is 0.251 e. The molecule has 1 amide bonds. The molecule has 5 heteroatoms. The SMILES string of the molecule is Cc1cc(C)n(Cc2cccc(C(=O)NCCC3CCN(C)CC3)c2)n1. The Morgan fingerprint density at radius 2 is 2.00 bits per heavy atom. The molecule has 1 aromatic heterocycles. The van der Waals surface area contributed by atoms with Crippen molar-refractivity contribution in [2.24, 2.45) is 5.92 Å². The fourth-order valence-corrected chi connectivity index (χ4v) is 3.66. The van der Waals surface area contributed by atoms with Gasteiger partial charge >= 0.3 is 0 Å². The maximum absolute atomic E-state index is 12.5. The lowest BCUT2D eigenvalue weighted by Crippen LogP contribution is -2.32. The zero-order valence-corrected chi connectivity index (χ0v) is 16.2. The van der Waals surface area contributed by atoms with E-state index < -0.39 is 0 Å². The summed E-state index contributed by atoms with van der Waals surface area (Å²) in [5.74, 6) is 0.761. The molecule has 5 nitrogen and oxygen atoms in total. The van der Waals surface area contributed by atoms with Gasteiger partial charge in [-0.15, -0.1) is 0 Å². The topological polar surface area (TPSA) is 50.2 Å². The number of likely N-dealkylation sites (tertiary alicyclic amines) is 1. The van der Waals surface area contributed by atoms with Gasteiger partial charge in [0, 0.05) is 17.8 Å². The molecule has 0 aliphatic carbocycles. The van der Waals surface area contributed by atoms with Gasteiger partial charge in [0.05, 0.1) is 12.2 Å². The third kappa shape index (κ3) is 4.94. The van der Waals surface area contributed by atoms with Crippen LogP contribution in [0.5, 0.6) is 0 Å². The number of carbonyl (C=O) groups excluding carboxylic acids is 1. The average Bonchev–Trinajstić information content (AvgIpc) is 2.94. The summed E-state index contributed by atoms with van der Waals surface area (Å²) >= 11 is 0. The number of piperidine rings is 1. The highest BCUT2D eigenvalue weighted by molar-refractivity contribution is 5.94. The van der Waals surface area contributed by atoms with Gasteiger partial charge in [0.1, 0.15) is 0 Å². The first-order valence-corrected chi connectivity index (χ1v) is 9.58. The van der Waals surface area contributed by atoms with Crippen molar-refractivity contribution in [3.8, 4) is 0 Å². The third-order valence-corrected chi connectivity index (χ3v) is 5.30. The molecule has 0 unspecified atom stereocenters. The number of benzene rings is 1. The first kappa shape index (κ1) is 18.6. The van der Waals surface area contributed by atoms with Crippen molar-refractivity contribution in [2.45, 2.75) is 39.7 Å². The van der Waals surface area contributed by atoms with E-state index in [0.717, 1.165) is 41.4 Å². The molecule has 140 valence electrons. The Labute approximate surface area is 156 Å². The summed E-state index contributed by atoms with van der Waals surface area (Å²) < 4.78 is 1.98. The normalized spacial score (nSPS) is 16.0. The molecule has 1 aliphatic rings. The molecule has 1 fully saturated rings. The number of aromatic nitrogens is 2. The van der Waals surface area contributed by atoms with Gasteiger partial charge in [-0.1, -0.05) is 12.1 Å². The van der Waals surface area contributed by atoms with Gasteiger partial charge in [0.25, 0.3) is 5.91 Å². The van der Waals surface area contributed by atoms with E-state index in [4.69, 9.17) is 0 Å². The number of carbonyl (C=O) groups is 1. The minimum atomic E-state index is 0.0214. The third-order valence-electron chi connectivity index (χ3n) is 5.30. The minimum absolute atomic E-state index is 0.0214. The van der Waals surface area contributed by atoms with E-state index in [1.54, 1.807) is 0 Å². The predicted octanol–water partition coefficient (Wildman–Crippen LogP) is 3.01. The largest absolute Gasteiger partial charge is 0.352 e. The highest BCUT2D eigenvalue weighted by Gasteiger charge is 2.16. The molecule has 3 rings (SSSR count). The minimum Gasteiger partial charge on any atom is -0.352 e. The van der Waals surface area contributed by atoms with Crippen LogP contribution in [-0.2, 0) is 6.54 Å². The van der Waals surface area contributed by atoms with Crippen LogP contribution in [0, 0.1) is 19.8 Å². The second-order valence-electron chi connectivity index (χ2n) is 7.58. The van der Waals surface area contributed by atoms with Gasteiger partial charge in [-0.05, 0) is 82.9 Å². The van der Waals surface area contributed by atoms with Crippen LogP contribution in [0.4, 0.5) is 0 Å². The molecule has 0 radical (unpaired) electrons. The fourth-order valence-electron chi connectivity index (χ4n) is 3.66. The fraction of sp³-hybridized carbons (Fsp3) is 0.524. The van der Waals surface area contributed by atoms with Gasteiger partial charge in [-0.3, -0.25) is 9.48 Å². The first-order chi connectivity index (χ1) is 12.5. The van der Waals surface area contributed by atoms with Crippen LogP contribution in [0.1, 0.15) is 46.6 Å². The Kier molecular flexibility index (Phi) is 6.09. The quantitative estimate of drug-likeness (QED) is 0.867. The van der Waals surface area contributed by atoms with Gasteiger partial charge in [0.2, 0.25) is 0 Å². The van der Waals surface area contributed by atoms with Gasteiger partial charge < -0.3 is 10.2 Å². The molecule has 0 atom stereocenters. The van der Waals surface area contributed by atoms with E-state index >= 15 is 0 Å². The van der Waals surface area contributed by atoms with Crippen molar-refractivity contribution in [3.05, 3.63) is 52.8 Å². The lowest BCUT2D eigenvalue weighted by atomic mass is 9.94. The number of aryl methyl sites for hydroxylation is 2. The molecule has 2 aromatic rings. The summed E-state index contributed by atoms with van der Waals surface area (Å²) in [4.78, 5) is 14.9. The van der Waals surface area contributed by atoms with Gasteiger partial charge in [0.15, 0.2) is 0 Å². The van der Waals surface area contributed by atoms with E-state index in [2.05, 4.69) is 35.4 Å². The Bertz CT molecular complexity index is 744. The highest BCUT2D eigenvalue weighted by atomic mass is 16.1. The Balaban J connectivity index is 1.52. The van der Waals surface area contributed by atoms with Crippen LogP contribution in [0.15, 0.2) is 30.3 Å². The Hall–Kier alpha value is -2.14. The number of nitrogens with zero attached hydrogens (tertiary/aromatic N) is 3. The molecule has 1 aromatic carbocycles. The molecule has 1 saturated heterocycles. The van der Waals surface area contributed by atoms with E-state index in [0.29, 0.717) is 6.54 Å². The summed E-state index contributed by atoms with van der Waals surface area (Å²) in [7, 11) is 2.18. The van der Waals surface area contributed by atoms with E-state index in [9.17, 15) is 4.79 Å². The van der Waals surface area contributed by atoms with Crippen molar-refractivity contribution in [3.63, 3.8) is 0 Å². The first-order valence-electron chi connectivity index (χ1n) is 9.58. The smallest absolute Gasteiger partial charge is 0.251 e. The second-order valence-corrected chi connectivity index (χ2v) is 7.58. The van der Waals surface area contributed by atoms with Gasteiger partial charge in [-0.2, -0.15) is 5.10 Å². The van der Waals surface area contributed by atoms with Crippen LogP contribution >= 0.6 is 0 Å². The van der Waals surface area contributed by atoms with Crippen LogP contribution in [0.2, 0.25) is 0 Å². The second kappa shape index (κ2) is 8.49. The van der Waals surface area contributed by atoms with Gasteiger partial charge in [-0.25, -0.2) is 0 Å². The summed E-state index contributed by atoms with van der Waals surface area (Å²) in [6.45, 7) is 7.85. The lowest BCUT2D eigenvalue weighted by Gasteiger charge is -2.28. The van der Waals surface area contributed by atoms with E-state index in [-0.39, 0.29) is 5.91 Å². The van der Waals surface area contributed by atoms with Crippen molar-refractivity contribution in [1.82, 2.24) is 20.0 Å². The molecule has 1 aliphatic heterocycles. The molecule has 0 bridgehead atoms. The summed E-state index contributed by atoms with van der Waals surface area (Å²) in [6.07, 6.45) is 3.56. The monoisotopic (exact) mass is 354 g/mol. The van der Waals surface area contributed by atoms with Crippen LogP contribution in [-0.4, -0.2) is 47.3 Å². The zero-order valence-electron chi connectivity index (χ0n) is 16.2. The van der Waals surface area contributed by atoms with Crippen molar-refractivity contribution < 1.29 is 4.79 Å². The summed E-state index contributed by atoms with van der Waals surface area (Å²) in [5, 5.41) is 7.59. The Morgan fingerprint density at radius 1 is 1.23 bits per heavy atom. The van der Waals surface area contributed by atoms with Crippen molar-refractivity contribution >= 4 is 5.91 Å². The summed E-state index contributed by atoms with van der Waals surface area (Å²) in [5.41, 5.74) is 3.98. The van der Waals surface area contributed by atoms with E-state index in [1.165, 1.54) is 25.9 Å². The molecular weight excluding hydrogens is 324 g/mol. The average molecular weight is 354 g/mol. The van der Waals surface area contributed by atoms with E-state index in [1.807, 2.05) is 35.9 Å². The van der Waals surface area contributed by atoms with Crippen molar-refractivity contribution in [1.29, 1.82) is 0 Å². The van der Waals surface area contributed by atoms with Crippen LogP contribution in [0.3, 0.4) is 0 Å². The van der Waals surface area contributed by atoms with Crippen LogP contribution in [0.25, 0.3) is 0 Å². The number of hydrogen-bond donors (Lipinski definition) is 1. The maximum atomic E-state index is 12.5. The number of hydrogen-bond acceptors (Lipinski definition) is 3. The number of amides is 1. The highest BCUT2D eigenvalue weighted by Crippen LogP contribution is 2.18. The Morgan fingerprint density at radius 3 is 2.69 bits per heavy atom. The summed E-state index contributed by atoms with van der Waals surface area (Å²) in [6, 6.07) is 9.93. The molecular formula is C21H30N4O. The lowest BCUT2D eigenvalue weighted by molar-refractivity contribution is 0.0949. The number of rotatable bonds is 6.